The Morgan fingerprint density at radius 3 is 2.53 bits per heavy atom. The molecule has 1 saturated heterocycles. The van der Waals surface area contributed by atoms with Crippen LogP contribution in [0.1, 0.15) is 6.92 Å². The van der Waals surface area contributed by atoms with Gasteiger partial charge in [0, 0.05) is 13.1 Å². The number of carbonyl (C=O) groups is 1. The topological polar surface area (TPSA) is 89.7 Å². The minimum atomic E-state index is -3.35. The Labute approximate surface area is 102 Å². The maximum Gasteiger partial charge on any atom is 0.237 e. The van der Waals surface area contributed by atoms with Crippen molar-refractivity contribution in [1.82, 2.24) is 4.90 Å². The number of rotatable bonds is 5. The summed E-state index contributed by atoms with van der Waals surface area (Å²) in [4.78, 5) is 13.3. The highest BCUT2D eigenvalue weighted by molar-refractivity contribution is 7.92. The summed E-state index contributed by atoms with van der Waals surface area (Å²) in [6.07, 6.45) is 0. The number of carbonyl (C=O) groups excluding carboxylic acids is 1. The molecular formula is C10H20N2O4S. The second-order valence-electron chi connectivity index (χ2n) is 4.39. The fraction of sp³-hybridized carbons (Fsp3) is 0.900. The van der Waals surface area contributed by atoms with Crippen LogP contribution >= 0.6 is 0 Å². The smallest absolute Gasteiger partial charge is 0.237 e. The fourth-order valence-electron chi connectivity index (χ4n) is 1.65. The highest BCUT2D eigenvalue weighted by atomic mass is 32.2. The van der Waals surface area contributed by atoms with Crippen molar-refractivity contribution in [2.45, 2.75) is 6.92 Å². The van der Waals surface area contributed by atoms with Crippen molar-refractivity contribution < 1.29 is 17.9 Å². The molecule has 6 nitrogen and oxygen atoms in total. The molecule has 0 aromatic heterocycles. The first-order chi connectivity index (χ1) is 7.94. The van der Waals surface area contributed by atoms with Gasteiger partial charge in [-0.2, -0.15) is 0 Å². The molecule has 1 heterocycles. The highest BCUT2D eigenvalue weighted by Crippen LogP contribution is 2.04. The number of nitrogens with two attached hydrogens (primary N) is 1. The van der Waals surface area contributed by atoms with E-state index in [9.17, 15) is 13.2 Å². The van der Waals surface area contributed by atoms with Gasteiger partial charge in [-0.25, -0.2) is 8.42 Å². The van der Waals surface area contributed by atoms with Gasteiger partial charge >= 0.3 is 0 Å². The van der Waals surface area contributed by atoms with Crippen LogP contribution < -0.4 is 5.73 Å². The summed E-state index contributed by atoms with van der Waals surface area (Å²) in [7, 11) is -3.35. The summed E-state index contributed by atoms with van der Waals surface area (Å²) in [5.41, 5.74) is 5.38. The van der Waals surface area contributed by atoms with E-state index in [1.165, 1.54) is 4.90 Å². The Balaban J connectivity index is 2.48. The molecule has 1 unspecified atom stereocenters. The predicted molar refractivity (Wildman–Crippen MR) is 64.3 cm³/mol. The minimum Gasteiger partial charge on any atom is -0.378 e. The van der Waals surface area contributed by atoms with Crippen LogP contribution in [0.4, 0.5) is 0 Å². The minimum absolute atomic E-state index is 0.0282. The zero-order valence-electron chi connectivity index (χ0n) is 10.1. The van der Waals surface area contributed by atoms with Crippen LogP contribution in [0.5, 0.6) is 0 Å². The average Bonchev–Trinajstić information content (AvgIpc) is 2.28. The van der Waals surface area contributed by atoms with Crippen molar-refractivity contribution in [2.75, 3.05) is 44.4 Å². The maximum absolute atomic E-state index is 11.7. The van der Waals surface area contributed by atoms with Gasteiger partial charge in [-0.3, -0.25) is 4.79 Å². The van der Waals surface area contributed by atoms with Crippen LogP contribution in [-0.2, 0) is 19.4 Å². The van der Waals surface area contributed by atoms with Crippen LogP contribution in [-0.4, -0.2) is 63.6 Å². The van der Waals surface area contributed by atoms with E-state index in [1.54, 1.807) is 6.92 Å². The largest absolute Gasteiger partial charge is 0.378 e. The molecule has 0 aromatic rings. The Morgan fingerprint density at radius 1 is 1.41 bits per heavy atom. The number of sulfone groups is 1. The number of morpholine rings is 1. The quantitative estimate of drug-likeness (QED) is 0.677. The second-order valence-corrected chi connectivity index (χ2v) is 6.50. The van der Waals surface area contributed by atoms with E-state index in [1.807, 2.05) is 0 Å². The Morgan fingerprint density at radius 2 is 2.00 bits per heavy atom. The molecule has 2 N–H and O–H groups in total. The van der Waals surface area contributed by atoms with Crippen LogP contribution in [0.15, 0.2) is 0 Å². The van der Waals surface area contributed by atoms with Gasteiger partial charge in [0.05, 0.1) is 19.0 Å². The lowest BCUT2D eigenvalue weighted by Crippen LogP contribution is -2.44. The van der Waals surface area contributed by atoms with E-state index in [4.69, 9.17) is 10.5 Å². The first kappa shape index (κ1) is 14.4. The molecule has 7 heteroatoms. The first-order valence-corrected chi connectivity index (χ1v) is 7.53. The molecule has 0 spiro atoms. The summed E-state index contributed by atoms with van der Waals surface area (Å²) < 4.78 is 28.5. The molecule has 17 heavy (non-hydrogen) atoms. The number of ether oxygens (including phenoxy) is 1. The molecule has 1 fully saturated rings. The van der Waals surface area contributed by atoms with Crippen LogP contribution in [0.3, 0.4) is 0 Å². The second kappa shape index (κ2) is 6.32. The molecule has 1 amide bonds. The van der Waals surface area contributed by atoms with Crippen LogP contribution in [0.2, 0.25) is 0 Å². The SMILES string of the molecule is CC(CN)CS(=O)(=O)CC(=O)N1CCOCC1. The van der Waals surface area contributed by atoms with Gasteiger partial charge in [0.2, 0.25) is 5.91 Å². The normalized spacial score (nSPS) is 19.1. The third-order valence-electron chi connectivity index (χ3n) is 2.65. The lowest BCUT2D eigenvalue weighted by molar-refractivity contribution is -0.132. The number of nitrogens with zero attached hydrogens (tertiary/aromatic N) is 1. The van der Waals surface area contributed by atoms with E-state index >= 15 is 0 Å². The maximum atomic E-state index is 11.7. The summed E-state index contributed by atoms with van der Waals surface area (Å²) >= 11 is 0. The fourth-order valence-corrected chi connectivity index (χ4v) is 3.33. The molecule has 1 aliphatic rings. The van der Waals surface area contributed by atoms with Crippen molar-refractivity contribution >= 4 is 15.7 Å². The van der Waals surface area contributed by atoms with E-state index < -0.39 is 15.6 Å². The monoisotopic (exact) mass is 264 g/mol. The summed E-state index contributed by atoms with van der Waals surface area (Å²) in [5.74, 6) is -0.897. The van der Waals surface area contributed by atoms with Gasteiger partial charge in [-0.05, 0) is 12.5 Å². The predicted octanol–water partition coefficient (Wildman–Crippen LogP) is -1.15. The van der Waals surface area contributed by atoms with E-state index in [2.05, 4.69) is 0 Å². The zero-order chi connectivity index (χ0) is 12.9. The molecule has 0 aromatic carbocycles. The number of amides is 1. The van der Waals surface area contributed by atoms with Gasteiger partial charge in [0.15, 0.2) is 9.84 Å². The van der Waals surface area contributed by atoms with Crippen LogP contribution in [0, 0.1) is 5.92 Å². The van der Waals surface area contributed by atoms with Gasteiger partial charge in [-0.15, -0.1) is 0 Å². The van der Waals surface area contributed by atoms with Gasteiger partial charge < -0.3 is 15.4 Å². The summed E-state index contributed by atoms with van der Waals surface area (Å²) in [6.45, 7) is 3.97. The highest BCUT2D eigenvalue weighted by Gasteiger charge is 2.24. The van der Waals surface area contributed by atoms with Crippen molar-refractivity contribution in [2.24, 2.45) is 11.7 Å². The standard InChI is InChI=1S/C10H20N2O4S/c1-9(6-11)7-17(14,15)8-10(13)12-2-4-16-5-3-12/h9H,2-8,11H2,1H3. The zero-order valence-corrected chi connectivity index (χ0v) is 10.9. The van der Waals surface area contributed by atoms with E-state index in [0.717, 1.165) is 0 Å². The average molecular weight is 264 g/mol. The van der Waals surface area contributed by atoms with E-state index in [0.29, 0.717) is 32.8 Å². The molecule has 1 atom stereocenters. The van der Waals surface area contributed by atoms with Crippen molar-refractivity contribution in [3.8, 4) is 0 Å². The van der Waals surface area contributed by atoms with Crippen molar-refractivity contribution in [3.63, 3.8) is 0 Å². The molecular weight excluding hydrogens is 244 g/mol. The first-order valence-electron chi connectivity index (χ1n) is 5.70. The molecule has 1 aliphatic heterocycles. The van der Waals surface area contributed by atoms with Crippen molar-refractivity contribution in [3.05, 3.63) is 0 Å². The van der Waals surface area contributed by atoms with Crippen molar-refractivity contribution in [1.29, 1.82) is 0 Å². The molecule has 1 rings (SSSR count). The lowest BCUT2D eigenvalue weighted by atomic mass is 10.2. The van der Waals surface area contributed by atoms with Gasteiger partial charge in [0.25, 0.3) is 0 Å². The number of hydrogen-bond donors (Lipinski definition) is 1. The third kappa shape index (κ3) is 5.01. The molecule has 0 saturated carbocycles. The molecule has 100 valence electrons. The van der Waals surface area contributed by atoms with Gasteiger partial charge in [0.1, 0.15) is 5.75 Å². The molecule has 0 bridgehead atoms. The Bertz CT molecular complexity index is 349. The summed E-state index contributed by atoms with van der Waals surface area (Å²) in [6, 6.07) is 0. The Hall–Kier alpha value is -0.660. The van der Waals surface area contributed by atoms with Crippen LogP contribution in [0.25, 0.3) is 0 Å². The number of hydrogen-bond acceptors (Lipinski definition) is 5. The Kier molecular flexibility index (Phi) is 5.35. The lowest BCUT2D eigenvalue weighted by Gasteiger charge is -2.26. The van der Waals surface area contributed by atoms with Gasteiger partial charge in [-0.1, -0.05) is 6.92 Å². The summed E-state index contributed by atoms with van der Waals surface area (Å²) in [5, 5.41) is 0. The van der Waals surface area contributed by atoms with E-state index in [-0.39, 0.29) is 17.6 Å². The molecule has 0 aliphatic carbocycles. The molecule has 0 radical (unpaired) electrons. The third-order valence-corrected chi connectivity index (χ3v) is 4.41.